The van der Waals surface area contributed by atoms with Gasteiger partial charge in [-0.3, -0.25) is 9.69 Å². The number of nitrogen functional groups attached to an aromatic ring is 1. The molecule has 0 bridgehead atoms. The molecule has 0 spiro atoms. The second-order valence-corrected chi connectivity index (χ2v) is 7.46. The predicted octanol–water partition coefficient (Wildman–Crippen LogP) is 2.97. The summed E-state index contributed by atoms with van der Waals surface area (Å²) in [6.07, 6.45) is -0.0761. The molecule has 1 aliphatic rings. The molecule has 1 heterocycles. The van der Waals surface area contributed by atoms with Gasteiger partial charge in [-0.15, -0.1) is 0 Å². The number of hydrogen-bond acceptors (Lipinski definition) is 5. The van der Waals surface area contributed by atoms with Gasteiger partial charge < -0.3 is 20.5 Å². The lowest BCUT2D eigenvalue weighted by Crippen LogP contribution is -2.47. The van der Waals surface area contributed by atoms with Crippen molar-refractivity contribution in [2.75, 3.05) is 38.6 Å². The van der Waals surface area contributed by atoms with E-state index in [1.165, 1.54) is 0 Å². The summed E-state index contributed by atoms with van der Waals surface area (Å²) in [5.41, 5.74) is 7.37. The summed E-state index contributed by atoms with van der Waals surface area (Å²) in [5, 5.41) is 3.95. The Bertz CT molecular complexity index is 819. The van der Waals surface area contributed by atoms with Gasteiger partial charge in [0.05, 0.1) is 22.8 Å². The van der Waals surface area contributed by atoms with Crippen LogP contribution in [0.3, 0.4) is 0 Å². The van der Waals surface area contributed by atoms with Crippen LogP contribution in [-0.4, -0.2) is 49.8 Å². The van der Waals surface area contributed by atoms with Crippen molar-refractivity contribution in [3.05, 3.63) is 58.1 Å². The van der Waals surface area contributed by atoms with Gasteiger partial charge in [0, 0.05) is 37.9 Å². The Kier molecular flexibility index (Phi) is 7.39. The molecule has 2 aromatic carbocycles. The molecular weight excluding hydrogens is 401 g/mol. The number of nitrogens with two attached hydrogens (primary N) is 1. The first-order valence-electron chi connectivity index (χ1n) is 9.02. The number of morpholine rings is 1. The number of anilines is 1. The van der Waals surface area contributed by atoms with Gasteiger partial charge in [-0.05, 0) is 29.8 Å². The average molecular weight is 424 g/mol. The van der Waals surface area contributed by atoms with Crippen molar-refractivity contribution in [2.24, 2.45) is 0 Å². The van der Waals surface area contributed by atoms with E-state index in [-0.39, 0.29) is 18.6 Å². The van der Waals surface area contributed by atoms with Crippen molar-refractivity contribution in [3.8, 4) is 5.75 Å². The lowest BCUT2D eigenvalue weighted by Gasteiger charge is -2.33. The van der Waals surface area contributed by atoms with Crippen LogP contribution in [0.2, 0.25) is 10.0 Å². The highest BCUT2D eigenvalue weighted by Gasteiger charge is 2.21. The maximum atomic E-state index is 12.0. The van der Waals surface area contributed by atoms with Crippen LogP contribution in [0, 0.1) is 0 Å². The Balaban J connectivity index is 1.41. The fourth-order valence-electron chi connectivity index (χ4n) is 2.98. The fourth-order valence-corrected chi connectivity index (χ4v) is 3.30. The third-order valence-electron chi connectivity index (χ3n) is 4.37. The van der Waals surface area contributed by atoms with E-state index in [1.54, 1.807) is 30.3 Å². The van der Waals surface area contributed by atoms with E-state index in [2.05, 4.69) is 10.2 Å². The van der Waals surface area contributed by atoms with Crippen LogP contribution in [0.15, 0.2) is 42.5 Å². The maximum Gasteiger partial charge on any atom is 0.258 e. The third-order valence-corrected chi connectivity index (χ3v) is 5.11. The van der Waals surface area contributed by atoms with Gasteiger partial charge in [-0.1, -0.05) is 35.3 Å². The molecule has 1 fully saturated rings. The smallest absolute Gasteiger partial charge is 0.258 e. The number of halogens is 2. The van der Waals surface area contributed by atoms with E-state index < -0.39 is 0 Å². The topological polar surface area (TPSA) is 76.8 Å². The molecular formula is C20H23Cl2N3O3. The molecule has 8 heteroatoms. The number of ether oxygens (including phenoxy) is 2. The maximum absolute atomic E-state index is 12.0. The normalized spacial score (nSPS) is 17.3. The Morgan fingerprint density at radius 3 is 2.89 bits per heavy atom. The largest absolute Gasteiger partial charge is 0.484 e. The zero-order valence-electron chi connectivity index (χ0n) is 15.4. The van der Waals surface area contributed by atoms with Crippen molar-refractivity contribution >= 4 is 34.8 Å². The number of nitrogens with zero attached hydrogens (tertiary/aromatic N) is 1. The summed E-state index contributed by atoms with van der Waals surface area (Å²) < 4.78 is 11.2. The fraction of sp³-hybridized carbons (Fsp3) is 0.350. The van der Waals surface area contributed by atoms with Gasteiger partial charge in [0.15, 0.2) is 6.61 Å². The Hall–Kier alpha value is -1.99. The molecule has 1 aliphatic heterocycles. The summed E-state index contributed by atoms with van der Waals surface area (Å²) in [6.45, 7) is 3.27. The summed E-state index contributed by atoms with van der Waals surface area (Å²) in [7, 11) is 0. The highest BCUT2D eigenvalue weighted by atomic mass is 35.5. The van der Waals surface area contributed by atoms with E-state index >= 15 is 0 Å². The summed E-state index contributed by atoms with van der Waals surface area (Å²) in [5.74, 6) is 0.365. The first-order valence-corrected chi connectivity index (χ1v) is 9.78. The monoisotopic (exact) mass is 423 g/mol. The number of rotatable bonds is 7. The quantitative estimate of drug-likeness (QED) is 0.669. The van der Waals surface area contributed by atoms with Gasteiger partial charge in [-0.2, -0.15) is 0 Å². The molecule has 1 atom stereocenters. The van der Waals surface area contributed by atoms with Crippen molar-refractivity contribution in [1.29, 1.82) is 0 Å². The lowest BCUT2D eigenvalue weighted by molar-refractivity contribution is -0.124. The minimum absolute atomic E-state index is 0.0663. The highest BCUT2D eigenvalue weighted by molar-refractivity contribution is 6.42. The molecule has 0 aliphatic carbocycles. The number of carbonyl (C=O) groups is 1. The zero-order chi connectivity index (χ0) is 19.9. The molecule has 3 N–H and O–H groups in total. The Morgan fingerprint density at radius 1 is 1.25 bits per heavy atom. The SMILES string of the molecule is Nc1cccc(OCC(=O)NC[C@H]2CN(Cc3ccc(Cl)c(Cl)c3)CCO2)c1. The van der Waals surface area contributed by atoms with Crippen molar-refractivity contribution < 1.29 is 14.3 Å². The first kappa shape index (κ1) is 20.7. The molecule has 3 rings (SSSR count). The number of carbonyl (C=O) groups excluding carboxylic acids is 1. The van der Waals surface area contributed by atoms with E-state index in [0.29, 0.717) is 34.6 Å². The average Bonchev–Trinajstić information content (AvgIpc) is 2.68. The minimum atomic E-state index is -0.201. The van der Waals surface area contributed by atoms with Gasteiger partial charge in [0.2, 0.25) is 0 Å². The van der Waals surface area contributed by atoms with Gasteiger partial charge in [0.25, 0.3) is 5.91 Å². The van der Waals surface area contributed by atoms with Crippen molar-refractivity contribution in [3.63, 3.8) is 0 Å². The van der Waals surface area contributed by atoms with Crippen LogP contribution in [0.25, 0.3) is 0 Å². The Morgan fingerprint density at radius 2 is 2.11 bits per heavy atom. The van der Waals surface area contributed by atoms with Crippen LogP contribution >= 0.6 is 23.2 Å². The van der Waals surface area contributed by atoms with Crippen LogP contribution in [0.1, 0.15) is 5.56 Å². The molecule has 1 saturated heterocycles. The third kappa shape index (κ3) is 6.27. The number of amides is 1. The number of hydrogen-bond donors (Lipinski definition) is 2. The number of benzene rings is 2. The van der Waals surface area contributed by atoms with E-state index in [4.69, 9.17) is 38.4 Å². The predicted molar refractivity (Wildman–Crippen MR) is 111 cm³/mol. The van der Waals surface area contributed by atoms with Crippen LogP contribution in [0.5, 0.6) is 5.75 Å². The Labute approximate surface area is 174 Å². The molecule has 0 saturated carbocycles. The molecule has 1 amide bonds. The van der Waals surface area contributed by atoms with Crippen molar-refractivity contribution in [1.82, 2.24) is 10.2 Å². The standard InChI is InChI=1S/C20H23Cl2N3O3/c21-18-5-4-14(8-19(18)22)11-25-6-7-27-17(12-25)10-24-20(26)13-28-16-3-1-2-15(23)9-16/h1-5,8-9,17H,6-7,10-13,23H2,(H,24,26)/t17-/m0/s1. The van der Waals surface area contributed by atoms with Crippen LogP contribution in [-0.2, 0) is 16.1 Å². The first-order chi connectivity index (χ1) is 13.5. The summed E-state index contributed by atoms with van der Waals surface area (Å²) >= 11 is 12.1. The van der Waals surface area contributed by atoms with Gasteiger partial charge in [0.1, 0.15) is 5.75 Å². The molecule has 0 unspecified atom stereocenters. The van der Waals surface area contributed by atoms with Crippen LogP contribution in [0.4, 0.5) is 5.69 Å². The van der Waals surface area contributed by atoms with Crippen molar-refractivity contribution in [2.45, 2.75) is 12.6 Å². The van der Waals surface area contributed by atoms with Gasteiger partial charge in [-0.25, -0.2) is 0 Å². The number of nitrogens with one attached hydrogen (secondary N) is 1. The minimum Gasteiger partial charge on any atom is -0.484 e. The zero-order valence-corrected chi connectivity index (χ0v) is 16.9. The highest BCUT2D eigenvalue weighted by Crippen LogP contribution is 2.23. The molecule has 150 valence electrons. The molecule has 28 heavy (non-hydrogen) atoms. The second-order valence-electron chi connectivity index (χ2n) is 6.64. The molecule has 6 nitrogen and oxygen atoms in total. The molecule has 0 radical (unpaired) electrons. The van der Waals surface area contributed by atoms with E-state index in [0.717, 1.165) is 25.2 Å². The van der Waals surface area contributed by atoms with Gasteiger partial charge >= 0.3 is 0 Å². The second kappa shape index (κ2) is 9.98. The molecule has 0 aromatic heterocycles. The summed E-state index contributed by atoms with van der Waals surface area (Å²) in [6, 6.07) is 12.6. The van der Waals surface area contributed by atoms with Crippen LogP contribution < -0.4 is 15.8 Å². The summed E-state index contributed by atoms with van der Waals surface area (Å²) in [4.78, 5) is 14.3. The molecule has 2 aromatic rings. The van der Waals surface area contributed by atoms with E-state index in [1.807, 2.05) is 12.1 Å². The van der Waals surface area contributed by atoms with E-state index in [9.17, 15) is 4.79 Å². The lowest BCUT2D eigenvalue weighted by atomic mass is 10.2.